The summed E-state index contributed by atoms with van der Waals surface area (Å²) in [7, 11) is -2.81. The van der Waals surface area contributed by atoms with Crippen LogP contribution < -0.4 is 14.8 Å². The first kappa shape index (κ1) is 18.6. The summed E-state index contributed by atoms with van der Waals surface area (Å²) in [5.41, 5.74) is 0.396. The lowest BCUT2D eigenvalue weighted by molar-refractivity contribution is -0.385. The van der Waals surface area contributed by atoms with Crippen molar-refractivity contribution >= 4 is 27.3 Å². The van der Waals surface area contributed by atoms with Gasteiger partial charge in [0, 0.05) is 23.4 Å². The molecule has 1 aliphatic rings. The summed E-state index contributed by atoms with van der Waals surface area (Å²) in [6.07, 6.45) is 1.95. The third kappa shape index (κ3) is 4.34. The predicted octanol–water partition coefficient (Wildman–Crippen LogP) is 2.30. The molecule has 0 aromatic heterocycles. The van der Waals surface area contributed by atoms with Crippen LogP contribution in [-0.2, 0) is 10.0 Å². The molecule has 27 heavy (non-hydrogen) atoms. The number of sulfonamides is 1. The van der Waals surface area contributed by atoms with Crippen LogP contribution in [0.25, 0.3) is 0 Å². The highest BCUT2D eigenvalue weighted by Gasteiger charge is 2.24. The molecule has 1 amide bonds. The Kier molecular flexibility index (Phi) is 5.00. The summed E-state index contributed by atoms with van der Waals surface area (Å²) in [4.78, 5) is 21.9. The van der Waals surface area contributed by atoms with E-state index in [4.69, 9.17) is 4.74 Å². The van der Waals surface area contributed by atoms with E-state index < -0.39 is 14.9 Å². The van der Waals surface area contributed by atoms with Gasteiger partial charge in [0.05, 0.1) is 18.1 Å². The molecule has 1 fully saturated rings. The summed E-state index contributed by atoms with van der Waals surface area (Å²) in [5.74, 6) is -0.346. The van der Waals surface area contributed by atoms with E-state index in [0.29, 0.717) is 5.56 Å². The van der Waals surface area contributed by atoms with Crippen LogP contribution in [0, 0.1) is 10.1 Å². The van der Waals surface area contributed by atoms with Gasteiger partial charge in [0.2, 0.25) is 0 Å². The summed E-state index contributed by atoms with van der Waals surface area (Å²) in [6, 6.07) is 9.43. The number of ether oxygens (including phenoxy) is 1. The van der Waals surface area contributed by atoms with Gasteiger partial charge in [-0.15, -0.1) is 0 Å². The van der Waals surface area contributed by atoms with E-state index in [1.54, 1.807) is 0 Å². The number of anilines is 1. The molecule has 142 valence electrons. The monoisotopic (exact) mass is 391 g/mol. The molecule has 2 aromatic rings. The number of hydrogen-bond acceptors (Lipinski definition) is 6. The minimum atomic E-state index is -4.04. The highest BCUT2D eigenvalue weighted by Crippen LogP contribution is 2.29. The fraction of sp³-hybridized carbons (Fsp3) is 0.235. The zero-order valence-corrected chi connectivity index (χ0v) is 15.2. The normalized spacial score (nSPS) is 13.7. The van der Waals surface area contributed by atoms with Crippen LogP contribution in [0.2, 0.25) is 0 Å². The van der Waals surface area contributed by atoms with Crippen molar-refractivity contribution in [2.24, 2.45) is 0 Å². The quantitative estimate of drug-likeness (QED) is 0.551. The fourth-order valence-electron chi connectivity index (χ4n) is 2.39. The van der Waals surface area contributed by atoms with Crippen molar-refractivity contribution in [3.05, 3.63) is 58.1 Å². The van der Waals surface area contributed by atoms with Crippen LogP contribution >= 0.6 is 0 Å². The molecule has 9 nitrogen and oxygen atoms in total. The minimum absolute atomic E-state index is 0.142. The lowest BCUT2D eigenvalue weighted by Crippen LogP contribution is -2.25. The van der Waals surface area contributed by atoms with Crippen LogP contribution in [-0.4, -0.2) is 32.4 Å². The molecule has 0 atom stereocenters. The highest BCUT2D eigenvalue weighted by atomic mass is 32.2. The Morgan fingerprint density at radius 3 is 2.41 bits per heavy atom. The van der Waals surface area contributed by atoms with E-state index in [2.05, 4.69) is 10.0 Å². The molecule has 0 radical (unpaired) electrons. The number of nitrogens with zero attached hydrogens (tertiary/aromatic N) is 1. The first-order chi connectivity index (χ1) is 12.8. The minimum Gasteiger partial charge on any atom is -0.495 e. The Hall–Kier alpha value is -3.14. The van der Waals surface area contributed by atoms with E-state index in [1.807, 2.05) is 0 Å². The van der Waals surface area contributed by atoms with Gasteiger partial charge in [0.25, 0.3) is 21.6 Å². The van der Waals surface area contributed by atoms with Gasteiger partial charge in [-0.2, -0.15) is 0 Å². The van der Waals surface area contributed by atoms with Crippen molar-refractivity contribution in [2.75, 3.05) is 11.8 Å². The van der Waals surface area contributed by atoms with Crippen molar-refractivity contribution in [2.45, 2.75) is 23.8 Å². The van der Waals surface area contributed by atoms with Crippen LogP contribution in [0.5, 0.6) is 5.75 Å². The first-order valence-electron chi connectivity index (χ1n) is 8.06. The molecule has 1 aliphatic carbocycles. The van der Waals surface area contributed by atoms with E-state index >= 15 is 0 Å². The lowest BCUT2D eigenvalue weighted by Gasteiger charge is -2.12. The number of hydrogen-bond donors (Lipinski definition) is 2. The summed E-state index contributed by atoms with van der Waals surface area (Å²) >= 11 is 0. The molecular formula is C17H17N3O6S. The van der Waals surface area contributed by atoms with E-state index in [1.165, 1.54) is 31.4 Å². The van der Waals surface area contributed by atoms with Gasteiger partial charge in [-0.3, -0.25) is 19.6 Å². The molecule has 10 heteroatoms. The average molecular weight is 391 g/mol. The summed E-state index contributed by atoms with van der Waals surface area (Å²) in [6.45, 7) is 0. The van der Waals surface area contributed by atoms with Crippen molar-refractivity contribution < 1.29 is 22.9 Å². The van der Waals surface area contributed by atoms with Crippen LogP contribution in [0.1, 0.15) is 23.2 Å². The number of amides is 1. The molecule has 1 saturated carbocycles. The maximum atomic E-state index is 12.6. The number of nitro benzene ring substituents is 1. The third-order valence-electron chi connectivity index (χ3n) is 3.96. The number of nitrogens with one attached hydrogen (secondary N) is 2. The Labute approximate surface area is 155 Å². The summed E-state index contributed by atoms with van der Waals surface area (Å²) < 4.78 is 32.5. The van der Waals surface area contributed by atoms with Gasteiger partial charge >= 0.3 is 0 Å². The van der Waals surface area contributed by atoms with Gasteiger partial charge in [-0.1, -0.05) is 0 Å². The van der Waals surface area contributed by atoms with Crippen LogP contribution in [0.3, 0.4) is 0 Å². The largest absolute Gasteiger partial charge is 0.495 e. The maximum Gasteiger partial charge on any atom is 0.273 e. The van der Waals surface area contributed by atoms with Gasteiger partial charge in [-0.05, 0) is 43.2 Å². The molecule has 3 rings (SSSR count). The molecule has 0 bridgehead atoms. The Bertz CT molecular complexity index is 984. The van der Waals surface area contributed by atoms with Gasteiger partial charge in [-0.25, -0.2) is 8.42 Å². The van der Waals surface area contributed by atoms with E-state index in [-0.39, 0.29) is 34.0 Å². The zero-order chi connectivity index (χ0) is 19.6. The summed E-state index contributed by atoms with van der Waals surface area (Å²) in [5, 5.41) is 13.7. The van der Waals surface area contributed by atoms with Crippen molar-refractivity contribution in [1.82, 2.24) is 5.32 Å². The lowest BCUT2D eigenvalue weighted by atomic mass is 10.2. The second-order valence-corrected chi connectivity index (χ2v) is 7.67. The second kappa shape index (κ2) is 7.23. The maximum absolute atomic E-state index is 12.6. The fourth-order valence-corrected chi connectivity index (χ4v) is 3.60. The van der Waals surface area contributed by atoms with Gasteiger partial charge in [0.1, 0.15) is 10.6 Å². The Morgan fingerprint density at radius 2 is 1.85 bits per heavy atom. The third-order valence-corrected chi connectivity index (χ3v) is 5.38. The molecular weight excluding hydrogens is 374 g/mol. The van der Waals surface area contributed by atoms with Crippen LogP contribution in [0.15, 0.2) is 47.4 Å². The number of carbonyl (C=O) groups excluding carboxylic acids is 1. The standard InChI is InChI=1S/C17H17N3O6S/c1-26-15-10-14(20(22)23)8-9-16(15)27(24,25)19-13-4-2-11(3-5-13)17(21)18-12-6-7-12/h2-5,8-10,12,19H,6-7H2,1H3,(H,18,21). The Morgan fingerprint density at radius 1 is 1.19 bits per heavy atom. The highest BCUT2D eigenvalue weighted by molar-refractivity contribution is 7.92. The number of carbonyl (C=O) groups is 1. The molecule has 0 unspecified atom stereocenters. The molecule has 0 saturated heterocycles. The molecule has 2 N–H and O–H groups in total. The van der Waals surface area contributed by atoms with Crippen molar-refractivity contribution in [3.8, 4) is 5.75 Å². The number of rotatable bonds is 7. The molecule has 2 aromatic carbocycles. The number of non-ortho nitro benzene ring substituents is 1. The van der Waals surface area contributed by atoms with Crippen molar-refractivity contribution in [3.63, 3.8) is 0 Å². The molecule has 0 heterocycles. The van der Waals surface area contributed by atoms with E-state index in [9.17, 15) is 23.3 Å². The van der Waals surface area contributed by atoms with Crippen LogP contribution in [0.4, 0.5) is 11.4 Å². The Balaban J connectivity index is 1.79. The van der Waals surface area contributed by atoms with E-state index in [0.717, 1.165) is 31.0 Å². The topological polar surface area (TPSA) is 128 Å². The second-order valence-electron chi connectivity index (χ2n) is 6.02. The molecule has 0 aliphatic heterocycles. The van der Waals surface area contributed by atoms with Gasteiger partial charge < -0.3 is 10.1 Å². The average Bonchev–Trinajstić information content (AvgIpc) is 3.45. The van der Waals surface area contributed by atoms with Gasteiger partial charge in [0.15, 0.2) is 0 Å². The zero-order valence-electron chi connectivity index (χ0n) is 14.3. The SMILES string of the molecule is COc1cc([N+](=O)[O-])ccc1S(=O)(=O)Nc1ccc(C(=O)NC2CC2)cc1. The first-order valence-corrected chi connectivity index (χ1v) is 9.54. The smallest absolute Gasteiger partial charge is 0.273 e. The van der Waals surface area contributed by atoms with Crippen molar-refractivity contribution in [1.29, 1.82) is 0 Å². The number of methoxy groups -OCH3 is 1. The molecule has 0 spiro atoms. The number of benzene rings is 2. The number of nitro groups is 1. The predicted molar refractivity (Wildman–Crippen MR) is 97.4 cm³/mol.